The number of methoxy groups -OCH3 is 2. The highest BCUT2D eigenvalue weighted by Crippen LogP contribution is 2.41. The van der Waals surface area contributed by atoms with Gasteiger partial charge in [-0.1, -0.05) is 55.4 Å². The minimum Gasteiger partial charge on any atom is -0.493 e. The molecule has 4 rings (SSSR count). The van der Waals surface area contributed by atoms with Crippen molar-refractivity contribution in [1.29, 1.82) is 0 Å². The van der Waals surface area contributed by atoms with Gasteiger partial charge in [-0.25, -0.2) is 9.89 Å². The summed E-state index contributed by atoms with van der Waals surface area (Å²) in [6.07, 6.45) is 2.57. The van der Waals surface area contributed by atoms with Gasteiger partial charge in [0, 0.05) is 13.1 Å². The summed E-state index contributed by atoms with van der Waals surface area (Å²) in [4.78, 5) is 27.5. The van der Waals surface area contributed by atoms with Crippen LogP contribution in [0.2, 0.25) is 0 Å². The first-order valence-electron chi connectivity index (χ1n) is 11.4. The molecule has 1 atom stereocenters. The van der Waals surface area contributed by atoms with Crippen LogP contribution in [0, 0.1) is 0 Å². The van der Waals surface area contributed by atoms with Crippen LogP contribution in [0.3, 0.4) is 0 Å². The number of nitrogens with zero attached hydrogens (tertiary/aromatic N) is 3. The second-order valence-electron chi connectivity index (χ2n) is 8.16. The number of unbranched alkanes of at least 4 members (excludes halogenated alkanes) is 1. The predicted molar refractivity (Wildman–Crippen MR) is 132 cm³/mol. The molecule has 0 saturated carbocycles. The van der Waals surface area contributed by atoms with Gasteiger partial charge < -0.3 is 14.4 Å². The van der Waals surface area contributed by atoms with Gasteiger partial charge in [0.15, 0.2) is 16.7 Å². The Labute approximate surface area is 203 Å². The van der Waals surface area contributed by atoms with Crippen LogP contribution in [0.25, 0.3) is 0 Å². The van der Waals surface area contributed by atoms with Crippen LogP contribution in [-0.2, 0) is 17.8 Å². The van der Waals surface area contributed by atoms with E-state index < -0.39 is 0 Å². The molecule has 1 N–H and O–H groups in total. The van der Waals surface area contributed by atoms with Crippen molar-refractivity contribution >= 4 is 17.7 Å². The van der Waals surface area contributed by atoms with Gasteiger partial charge >= 0.3 is 5.69 Å². The second kappa shape index (κ2) is 10.8. The van der Waals surface area contributed by atoms with Gasteiger partial charge in [-0.05, 0) is 41.7 Å². The minimum absolute atomic E-state index is 0.00298. The highest BCUT2D eigenvalue weighted by atomic mass is 32.2. The molecule has 3 aromatic rings. The van der Waals surface area contributed by atoms with Gasteiger partial charge in [-0.3, -0.25) is 9.36 Å². The third kappa shape index (κ3) is 4.84. The van der Waals surface area contributed by atoms with Crippen LogP contribution in [-0.4, -0.2) is 52.1 Å². The van der Waals surface area contributed by atoms with E-state index in [1.807, 2.05) is 47.4 Å². The molecule has 0 bridgehead atoms. The molecule has 1 aliphatic rings. The summed E-state index contributed by atoms with van der Waals surface area (Å²) < 4.78 is 12.7. The van der Waals surface area contributed by atoms with Gasteiger partial charge in [0.25, 0.3) is 0 Å². The molecule has 180 valence electrons. The fourth-order valence-corrected chi connectivity index (χ4v) is 5.20. The zero-order valence-electron chi connectivity index (χ0n) is 19.7. The van der Waals surface area contributed by atoms with E-state index in [-0.39, 0.29) is 23.4 Å². The normalized spacial score (nSPS) is 15.1. The van der Waals surface area contributed by atoms with Crippen molar-refractivity contribution in [2.75, 3.05) is 26.5 Å². The summed E-state index contributed by atoms with van der Waals surface area (Å²) in [6.45, 7) is 3.25. The Balaban J connectivity index is 1.62. The summed E-state index contributed by atoms with van der Waals surface area (Å²) in [5, 5.41) is 7.18. The molecule has 0 radical (unpaired) electrons. The third-order valence-electron chi connectivity index (χ3n) is 6.09. The van der Waals surface area contributed by atoms with Crippen molar-refractivity contribution < 1.29 is 14.3 Å². The van der Waals surface area contributed by atoms with Gasteiger partial charge in [0.1, 0.15) is 0 Å². The van der Waals surface area contributed by atoms with Gasteiger partial charge in [-0.2, -0.15) is 0 Å². The summed E-state index contributed by atoms with van der Waals surface area (Å²) in [7, 11) is 3.25. The first kappa shape index (κ1) is 23.9. The maximum Gasteiger partial charge on any atom is 0.343 e. The Morgan fingerprint density at radius 2 is 1.91 bits per heavy atom. The van der Waals surface area contributed by atoms with E-state index in [1.54, 1.807) is 18.8 Å². The van der Waals surface area contributed by atoms with E-state index in [1.165, 1.54) is 11.8 Å². The fraction of sp³-hybridized carbons (Fsp3) is 0.400. The molecule has 0 aliphatic carbocycles. The molecule has 9 heteroatoms. The number of benzene rings is 2. The van der Waals surface area contributed by atoms with Crippen molar-refractivity contribution in [3.05, 3.63) is 69.6 Å². The Hall–Kier alpha value is -3.20. The van der Waals surface area contributed by atoms with E-state index in [0.29, 0.717) is 29.7 Å². The Kier molecular flexibility index (Phi) is 7.62. The largest absolute Gasteiger partial charge is 0.493 e. The van der Waals surface area contributed by atoms with Gasteiger partial charge in [0.2, 0.25) is 5.91 Å². The van der Waals surface area contributed by atoms with Crippen LogP contribution < -0.4 is 15.2 Å². The topological polar surface area (TPSA) is 89.4 Å². The Morgan fingerprint density at radius 3 is 2.62 bits per heavy atom. The highest BCUT2D eigenvalue weighted by Gasteiger charge is 2.33. The van der Waals surface area contributed by atoms with Gasteiger partial charge in [-0.15, -0.1) is 5.10 Å². The monoisotopic (exact) mass is 482 g/mol. The van der Waals surface area contributed by atoms with E-state index in [9.17, 15) is 9.59 Å². The third-order valence-corrected chi connectivity index (χ3v) is 7.05. The number of nitrogens with one attached hydrogen (secondary N) is 1. The molecule has 0 saturated heterocycles. The maximum atomic E-state index is 13.5. The van der Waals surface area contributed by atoms with E-state index in [4.69, 9.17) is 9.47 Å². The number of ether oxygens (including phenoxy) is 2. The Morgan fingerprint density at radius 1 is 1.18 bits per heavy atom. The van der Waals surface area contributed by atoms with Crippen LogP contribution in [0.5, 0.6) is 11.5 Å². The molecule has 34 heavy (non-hydrogen) atoms. The fourth-order valence-electron chi connectivity index (χ4n) is 4.35. The average molecular weight is 483 g/mol. The quantitative estimate of drug-likeness (QED) is 0.468. The number of carbonyl (C=O) groups is 1. The minimum atomic E-state index is -0.237. The number of hydrogen-bond donors (Lipinski definition) is 1. The van der Waals surface area contributed by atoms with Crippen molar-refractivity contribution in [2.45, 2.75) is 43.9 Å². The average Bonchev–Trinajstić information content (AvgIpc) is 3.23. The van der Waals surface area contributed by atoms with Gasteiger partial charge in [0.05, 0.1) is 26.0 Å². The first-order chi connectivity index (χ1) is 16.6. The predicted octanol–water partition coefficient (Wildman–Crippen LogP) is 3.66. The lowest BCUT2D eigenvalue weighted by molar-refractivity contribution is -0.130. The summed E-state index contributed by atoms with van der Waals surface area (Å²) in [5.41, 5.74) is 2.98. The molecule has 0 fully saturated rings. The summed E-state index contributed by atoms with van der Waals surface area (Å²) in [5.74, 6) is 1.52. The molecule has 2 aromatic carbocycles. The second-order valence-corrected chi connectivity index (χ2v) is 9.10. The molecule has 2 heterocycles. The van der Waals surface area contributed by atoms with E-state index >= 15 is 0 Å². The van der Waals surface area contributed by atoms with Crippen molar-refractivity contribution in [1.82, 2.24) is 19.7 Å². The number of amides is 1. The first-order valence-corrected chi connectivity index (χ1v) is 12.4. The van der Waals surface area contributed by atoms with Crippen LogP contribution >= 0.6 is 11.8 Å². The number of H-pyrrole nitrogens is 1. The molecule has 1 unspecified atom stereocenters. The zero-order chi connectivity index (χ0) is 24.1. The SMILES string of the molecule is CCCCn1c(SCC(=O)N2CCc3cc(OC)c(OC)cc3C2c2ccccc2)n[nH]c1=O. The van der Waals surface area contributed by atoms with E-state index in [0.717, 1.165) is 36.0 Å². The summed E-state index contributed by atoms with van der Waals surface area (Å²) >= 11 is 1.30. The number of aromatic amines is 1. The number of rotatable bonds is 9. The van der Waals surface area contributed by atoms with Crippen molar-refractivity contribution in [3.8, 4) is 11.5 Å². The lowest BCUT2D eigenvalue weighted by atomic mass is 9.87. The molecular weight excluding hydrogens is 452 g/mol. The highest BCUT2D eigenvalue weighted by molar-refractivity contribution is 7.99. The smallest absolute Gasteiger partial charge is 0.343 e. The number of carbonyl (C=O) groups excluding carboxylic acids is 1. The molecule has 1 amide bonds. The number of aromatic nitrogens is 3. The molecule has 1 aromatic heterocycles. The lowest BCUT2D eigenvalue weighted by Crippen LogP contribution is -2.41. The lowest BCUT2D eigenvalue weighted by Gasteiger charge is -2.38. The zero-order valence-corrected chi connectivity index (χ0v) is 20.6. The van der Waals surface area contributed by atoms with Crippen molar-refractivity contribution in [2.24, 2.45) is 0 Å². The molecule has 0 spiro atoms. The van der Waals surface area contributed by atoms with Crippen molar-refractivity contribution in [3.63, 3.8) is 0 Å². The van der Waals surface area contributed by atoms with E-state index in [2.05, 4.69) is 17.1 Å². The standard InChI is InChI=1S/C25H30N4O4S/c1-4-5-12-29-24(31)26-27-25(29)34-16-22(30)28-13-11-18-14-20(32-2)21(33-3)15-19(18)23(28)17-9-7-6-8-10-17/h6-10,14-15,23H,4-5,11-13,16H2,1-3H3,(H,26,31). The number of hydrogen-bond acceptors (Lipinski definition) is 6. The van der Waals surface area contributed by atoms with Crippen LogP contribution in [0.15, 0.2) is 52.4 Å². The molecule has 8 nitrogen and oxygen atoms in total. The molecular formula is C25H30N4O4S. The molecule has 1 aliphatic heterocycles. The number of fused-ring (bicyclic) bond motifs is 1. The summed E-state index contributed by atoms with van der Waals surface area (Å²) in [6, 6.07) is 13.8. The number of thioether (sulfide) groups is 1. The Bertz CT molecular complexity index is 1190. The van der Waals surface area contributed by atoms with Crippen LogP contribution in [0.4, 0.5) is 0 Å². The van der Waals surface area contributed by atoms with Crippen LogP contribution in [0.1, 0.15) is 42.5 Å². The maximum absolute atomic E-state index is 13.5.